The second-order valence-corrected chi connectivity index (χ2v) is 6.04. The van der Waals surface area contributed by atoms with E-state index in [4.69, 9.17) is 4.42 Å². The molecule has 108 valence electrons. The number of fused-ring (bicyclic) bond motifs is 1. The van der Waals surface area contributed by atoms with E-state index in [2.05, 4.69) is 0 Å². The Morgan fingerprint density at radius 1 is 1.19 bits per heavy atom. The number of furan rings is 1. The molecule has 2 nitrogen and oxygen atoms in total. The molecule has 0 radical (unpaired) electrons. The van der Waals surface area contributed by atoms with Crippen LogP contribution in [0, 0.1) is 12.7 Å². The third-order valence-corrected chi connectivity index (χ3v) is 4.36. The van der Waals surface area contributed by atoms with Gasteiger partial charge in [-0.15, -0.1) is 11.8 Å². The minimum Gasteiger partial charge on any atom is -0.455 e. The zero-order valence-electron chi connectivity index (χ0n) is 11.5. The predicted molar refractivity (Wildman–Crippen MR) is 83.0 cm³/mol. The molecule has 0 aliphatic rings. The highest BCUT2D eigenvalue weighted by molar-refractivity contribution is 7.99. The van der Waals surface area contributed by atoms with Gasteiger partial charge in [0.1, 0.15) is 11.9 Å². The second kappa shape index (κ2) is 5.92. The van der Waals surface area contributed by atoms with Gasteiger partial charge in [0, 0.05) is 16.0 Å². The van der Waals surface area contributed by atoms with Gasteiger partial charge in [0.2, 0.25) is 0 Å². The van der Waals surface area contributed by atoms with Gasteiger partial charge in [-0.05, 0) is 31.2 Å². The molecule has 0 saturated heterocycles. The molecular weight excluding hydrogens is 287 g/mol. The minimum atomic E-state index is -0.761. The molecule has 0 aliphatic carbocycles. The fraction of sp³-hybridized carbons (Fsp3) is 0.176. The second-order valence-electron chi connectivity index (χ2n) is 4.95. The van der Waals surface area contributed by atoms with E-state index < -0.39 is 11.9 Å². The van der Waals surface area contributed by atoms with Gasteiger partial charge >= 0.3 is 0 Å². The summed E-state index contributed by atoms with van der Waals surface area (Å²) in [5.41, 5.74) is 1.40. The average Bonchev–Trinajstić information content (AvgIpc) is 2.92. The Bertz CT molecular complexity index is 749. The van der Waals surface area contributed by atoms with Crippen molar-refractivity contribution in [1.29, 1.82) is 0 Å². The Morgan fingerprint density at radius 2 is 1.95 bits per heavy atom. The molecule has 21 heavy (non-hydrogen) atoms. The third kappa shape index (κ3) is 3.12. The van der Waals surface area contributed by atoms with Crippen molar-refractivity contribution in [2.24, 2.45) is 0 Å². The van der Waals surface area contributed by atoms with E-state index in [0.717, 1.165) is 4.90 Å². The van der Waals surface area contributed by atoms with Crippen LogP contribution in [-0.2, 0) is 0 Å². The fourth-order valence-electron chi connectivity index (χ4n) is 2.10. The molecule has 0 fully saturated rings. The topological polar surface area (TPSA) is 33.4 Å². The molecule has 3 rings (SSSR count). The number of para-hydroxylation sites is 1. The van der Waals surface area contributed by atoms with E-state index in [1.165, 1.54) is 11.6 Å². The van der Waals surface area contributed by atoms with Crippen LogP contribution in [0.1, 0.15) is 17.4 Å². The lowest BCUT2D eigenvalue weighted by Gasteiger charge is -2.07. The third-order valence-electron chi connectivity index (χ3n) is 3.27. The molecular formula is C17H15FO2S. The molecule has 1 unspecified atom stereocenters. The summed E-state index contributed by atoms with van der Waals surface area (Å²) in [6, 6.07) is 14.5. The highest BCUT2D eigenvalue weighted by Crippen LogP contribution is 2.29. The first-order valence-corrected chi connectivity index (χ1v) is 7.67. The first kappa shape index (κ1) is 14.2. The summed E-state index contributed by atoms with van der Waals surface area (Å²) in [6.45, 7) is 2.03. The zero-order chi connectivity index (χ0) is 14.8. The number of aryl methyl sites for hydroxylation is 1. The van der Waals surface area contributed by atoms with Crippen molar-refractivity contribution in [3.63, 3.8) is 0 Å². The van der Waals surface area contributed by atoms with Crippen molar-refractivity contribution >= 4 is 22.7 Å². The molecule has 1 atom stereocenters. The van der Waals surface area contributed by atoms with Crippen molar-refractivity contribution < 1.29 is 13.9 Å². The minimum absolute atomic E-state index is 0.201. The normalized spacial score (nSPS) is 12.7. The first-order valence-electron chi connectivity index (χ1n) is 6.69. The summed E-state index contributed by atoms with van der Waals surface area (Å²) in [7, 11) is 0. The number of aliphatic hydroxyl groups is 1. The summed E-state index contributed by atoms with van der Waals surface area (Å²) in [5.74, 6) is 0.455. The van der Waals surface area contributed by atoms with Gasteiger partial charge in [-0.25, -0.2) is 4.39 Å². The summed E-state index contributed by atoms with van der Waals surface area (Å²) in [4.78, 5) is 1.09. The number of hydrogen-bond acceptors (Lipinski definition) is 3. The van der Waals surface area contributed by atoms with Gasteiger partial charge in [0.05, 0.1) is 0 Å². The van der Waals surface area contributed by atoms with E-state index in [-0.39, 0.29) is 5.58 Å². The van der Waals surface area contributed by atoms with Crippen LogP contribution >= 0.6 is 11.8 Å². The Labute approximate surface area is 126 Å². The number of thioether (sulfide) groups is 1. The molecule has 0 amide bonds. The van der Waals surface area contributed by atoms with Gasteiger partial charge in [0.15, 0.2) is 11.4 Å². The molecule has 4 heteroatoms. The van der Waals surface area contributed by atoms with Crippen molar-refractivity contribution in [3.05, 3.63) is 65.7 Å². The summed E-state index contributed by atoms with van der Waals surface area (Å²) >= 11 is 1.54. The monoisotopic (exact) mass is 302 g/mol. The van der Waals surface area contributed by atoms with Gasteiger partial charge < -0.3 is 9.52 Å². The van der Waals surface area contributed by atoms with Crippen LogP contribution in [0.4, 0.5) is 4.39 Å². The van der Waals surface area contributed by atoms with Crippen LogP contribution in [0.15, 0.2) is 57.8 Å². The lowest BCUT2D eigenvalue weighted by Crippen LogP contribution is -1.98. The van der Waals surface area contributed by atoms with Gasteiger partial charge in [-0.2, -0.15) is 0 Å². The number of benzene rings is 2. The smallest absolute Gasteiger partial charge is 0.170 e. The molecule has 1 N–H and O–H groups in total. The maximum absolute atomic E-state index is 13.6. The largest absolute Gasteiger partial charge is 0.455 e. The molecule has 1 heterocycles. The zero-order valence-corrected chi connectivity index (χ0v) is 12.4. The van der Waals surface area contributed by atoms with Crippen LogP contribution in [0.25, 0.3) is 11.0 Å². The standard InChI is InChI=1S/C17H15FO2S/c1-11-5-7-13(8-6-11)21-10-15(19)16-9-12-3-2-4-14(18)17(12)20-16/h2-9,15,19H,10H2,1H3. The summed E-state index contributed by atoms with van der Waals surface area (Å²) < 4.78 is 19.0. The van der Waals surface area contributed by atoms with Gasteiger partial charge in [-0.1, -0.05) is 29.8 Å². The summed E-state index contributed by atoms with van der Waals surface area (Å²) in [5, 5.41) is 10.9. The average molecular weight is 302 g/mol. The fourth-order valence-corrected chi connectivity index (χ4v) is 2.95. The van der Waals surface area contributed by atoms with E-state index in [9.17, 15) is 9.50 Å². The Hall–Kier alpha value is -1.78. The van der Waals surface area contributed by atoms with Crippen LogP contribution in [-0.4, -0.2) is 10.9 Å². The van der Waals surface area contributed by atoms with Crippen LogP contribution in [0.2, 0.25) is 0 Å². The number of aliphatic hydroxyl groups excluding tert-OH is 1. The van der Waals surface area contributed by atoms with E-state index in [0.29, 0.717) is 16.9 Å². The first-order chi connectivity index (χ1) is 10.1. The molecule has 2 aromatic carbocycles. The maximum Gasteiger partial charge on any atom is 0.170 e. The van der Waals surface area contributed by atoms with Crippen molar-refractivity contribution in [3.8, 4) is 0 Å². The maximum atomic E-state index is 13.6. The molecule has 0 aliphatic heterocycles. The number of rotatable bonds is 4. The lowest BCUT2D eigenvalue weighted by molar-refractivity contribution is 0.176. The van der Waals surface area contributed by atoms with Crippen molar-refractivity contribution in [1.82, 2.24) is 0 Å². The molecule has 3 aromatic rings. The predicted octanol–water partition coefficient (Wildman–Crippen LogP) is 4.71. The Kier molecular flexibility index (Phi) is 3.99. The summed E-state index contributed by atoms with van der Waals surface area (Å²) in [6.07, 6.45) is -0.761. The van der Waals surface area contributed by atoms with Crippen molar-refractivity contribution in [2.45, 2.75) is 17.9 Å². The van der Waals surface area contributed by atoms with Crippen molar-refractivity contribution in [2.75, 3.05) is 5.75 Å². The SMILES string of the molecule is Cc1ccc(SCC(O)c2cc3cccc(F)c3o2)cc1. The molecule has 0 spiro atoms. The number of halogens is 1. The Balaban J connectivity index is 1.73. The van der Waals surface area contributed by atoms with Crippen LogP contribution < -0.4 is 0 Å². The lowest BCUT2D eigenvalue weighted by atomic mass is 10.2. The highest BCUT2D eigenvalue weighted by Gasteiger charge is 2.15. The highest BCUT2D eigenvalue weighted by atomic mass is 32.2. The van der Waals surface area contributed by atoms with Gasteiger partial charge in [0.25, 0.3) is 0 Å². The van der Waals surface area contributed by atoms with E-state index >= 15 is 0 Å². The molecule has 0 bridgehead atoms. The molecule has 1 aromatic heterocycles. The van der Waals surface area contributed by atoms with Crippen LogP contribution in [0.3, 0.4) is 0 Å². The Morgan fingerprint density at radius 3 is 2.67 bits per heavy atom. The molecule has 0 saturated carbocycles. The van der Waals surface area contributed by atoms with Crippen LogP contribution in [0.5, 0.6) is 0 Å². The quantitative estimate of drug-likeness (QED) is 0.709. The van der Waals surface area contributed by atoms with Gasteiger partial charge in [-0.3, -0.25) is 0 Å². The van der Waals surface area contributed by atoms with E-state index in [1.54, 1.807) is 30.0 Å². The van der Waals surface area contributed by atoms with E-state index in [1.807, 2.05) is 31.2 Å². The number of hydrogen-bond donors (Lipinski definition) is 1.